The number of nitrogens with zero attached hydrogens (tertiary/aromatic N) is 1. The van der Waals surface area contributed by atoms with Crippen molar-refractivity contribution in [1.29, 1.82) is 0 Å². The number of nitrogens with two attached hydrogens (primary N) is 1. The predicted octanol–water partition coefficient (Wildman–Crippen LogP) is -0.204. The van der Waals surface area contributed by atoms with Crippen LogP contribution < -0.4 is 10.6 Å². The Morgan fingerprint density at radius 1 is 1.50 bits per heavy atom. The normalized spacial score (nSPS) is 12.8. The topological polar surface area (TPSA) is 60.4 Å². The number of thiazole rings is 1. The smallest absolute Gasteiger partial charge is 0.272 e. The molecule has 0 aliphatic heterocycles. The highest BCUT2D eigenvalue weighted by molar-refractivity contribution is 7.18. The lowest BCUT2D eigenvalue weighted by Crippen LogP contribution is -3.08. The molecule has 1 aromatic carbocycles. The van der Waals surface area contributed by atoms with E-state index in [1.807, 2.05) is 25.2 Å². The van der Waals surface area contributed by atoms with Gasteiger partial charge in [-0.25, -0.2) is 4.98 Å². The Morgan fingerprint density at radius 3 is 2.94 bits per heavy atom. The second-order valence-electron chi connectivity index (χ2n) is 3.85. The van der Waals surface area contributed by atoms with Crippen molar-refractivity contribution in [1.82, 2.24) is 4.98 Å². The number of hydrogen-bond donors (Lipinski definition) is 2. The largest absolute Gasteiger partial charge is 0.365 e. The number of fused-ring (bicyclic) bond motifs is 1. The molecular formula is C11H14N3OS+. The van der Waals surface area contributed by atoms with E-state index < -0.39 is 0 Å². The number of likely N-dealkylation sites (N-methyl/N-ethyl adjacent to an activating group) is 1. The summed E-state index contributed by atoms with van der Waals surface area (Å²) in [5.41, 5.74) is 6.17. The van der Waals surface area contributed by atoms with Crippen LogP contribution in [0.25, 0.3) is 10.2 Å². The van der Waals surface area contributed by atoms with Crippen molar-refractivity contribution < 1.29 is 9.69 Å². The number of quaternary nitrogens is 1. The Bertz CT molecular complexity index is 476. The van der Waals surface area contributed by atoms with Gasteiger partial charge in [0.05, 0.1) is 17.3 Å². The standard InChI is InChI=1S/C11H13N3OS/c1-14(6-10(12)15)7-11-13-8-4-2-3-5-9(8)16-11/h2-5H,6-7H2,1H3,(H2,12,15)/p+1. The highest BCUT2D eigenvalue weighted by Gasteiger charge is 2.10. The average molecular weight is 236 g/mol. The fourth-order valence-electron chi connectivity index (χ4n) is 1.61. The van der Waals surface area contributed by atoms with E-state index >= 15 is 0 Å². The second kappa shape index (κ2) is 4.59. The summed E-state index contributed by atoms with van der Waals surface area (Å²) in [5, 5.41) is 1.04. The van der Waals surface area contributed by atoms with E-state index in [2.05, 4.69) is 11.1 Å². The van der Waals surface area contributed by atoms with Gasteiger partial charge in [0.25, 0.3) is 5.91 Å². The summed E-state index contributed by atoms with van der Waals surface area (Å²) in [6, 6.07) is 8.04. The van der Waals surface area contributed by atoms with Gasteiger partial charge in [-0.2, -0.15) is 0 Å². The third kappa shape index (κ3) is 2.56. The van der Waals surface area contributed by atoms with Crippen molar-refractivity contribution >= 4 is 27.5 Å². The minimum atomic E-state index is -0.279. The van der Waals surface area contributed by atoms with Crippen LogP contribution in [0.4, 0.5) is 0 Å². The second-order valence-corrected chi connectivity index (χ2v) is 4.97. The third-order valence-electron chi connectivity index (χ3n) is 2.27. The molecule has 3 N–H and O–H groups in total. The van der Waals surface area contributed by atoms with Gasteiger partial charge in [-0.3, -0.25) is 4.79 Å². The van der Waals surface area contributed by atoms with Crippen LogP contribution in [-0.4, -0.2) is 24.5 Å². The van der Waals surface area contributed by atoms with Crippen LogP contribution in [0.1, 0.15) is 5.01 Å². The molecule has 1 heterocycles. The lowest BCUT2D eigenvalue weighted by atomic mass is 10.3. The van der Waals surface area contributed by atoms with Crippen LogP contribution in [0.2, 0.25) is 0 Å². The molecule has 5 heteroatoms. The summed E-state index contributed by atoms with van der Waals surface area (Å²) in [7, 11) is 1.94. The number of para-hydroxylation sites is 1. The molecule has 0 spiro atoms. The number of primary amides is 1. The van der Waals surface area contributed by atoms with Crippen LogP contribution in [0.3, 0.4) is 0 Å². The molecule has 0 aliphatic carbocycles. The number of aromatic nitrogens is 1. The molecule has 1 aromatic heterocycles. The number of carbonyl (C=O) groups is 1. The summed E-state index contributed by atoms with van der Waals surface area (Å²) in [6.07, 6.45) is 0. The Hall–Kier alpha value is -1.46. The number of rotatable bonds is 4. The average Bonchev–Trinajstić information content (AvgIpc) is 2.57. The minimum absolute atomic E-state index is 0.279. The molecule has 0 aliphatic rings. The van der Waals surface area contributed by atoms with E-state index in [4.69, 9.17) is 5.73 Å². The van der Waals surface area contributed by atoms with Crippen molar-refractivity contribution in [3.8, 4) is 0 Å². The van der Waals surface area contributed by atoms with Gasteiger partial charge in [0.2, 0.25) is 0 Å². The molecule has 4 nitrogen and oxygen atoms in total. The first kappa shape index (κ1) is 11.0. The van der Waals surface area contributed by atoms with E-state index in [9.17, 15) is 4.79 Å². The molecule has 0 radical (unpaired) electrons. The molecule has 0 fully saturated rings. The highest BCUT2D eigenvalue weighted by Crippen LogP contribution is 2.20. The lowest BCUT2D eigenvalue weighted by molar-refractivity contribution is -0.885. The molecule has 2 rings (SSSR count). The van der Waals surface area contributed by atoms with Crippen LogP contribution in [0, 0.1) is 0 Å². The van der Waals surface area contributed by atoms with Crippen LogP contribution in [-0.2, 0) is 11.3 Å². The van der Waals surface area contributed by atoms with Gasteiger partial charge >= 0.3 is 0 Å². The van der Waals surface area contributed by atoms with Crippen molar-refractivity contribution in [2.24, 2.45) is 5.73 Å². The maximum atomic E-state index is 10.8. The van der Waals surface area contributed by atoms with Crippen molar-refractivity contribution in [3.05, 3.63) is 29.3 Å². The number of benzene rings is 1. The molecule has 84 valence electrons. The van der Waals surface area contributed by atoms with E-state index in [1.165, 1.54) is 4.70 Å². The quantitative estimate of drug-likeness (QED) is 0.772. The first-order valence-electron chi connectivity index (χ1n) is 5.09. The Balaban J connectivity index is 2.12. The van der Waals surface area contributed by atoms with E-state index in [-0.39, 0.29) is 5.91 Å². The fourth-order valence-corrected chi connectivity index (χ4v) is 2.69. The first-order valence-corrected chi connectivity index (χ1v) is 5.91. The van der Waals surface area contributed by atoms with Crippen molar-refractivity contribution in [3.63, 3.8) is 0 Å². The van der Waals surface area contributed by atoms with Crippen molar-refractivity contribution in [2.75, 3.05) is 13.6 Å². The molecule has 0 saturated heterocycles. The van der Waals surface area contributed by atoms with Gasteiger partial charge in [-0.1, -0.05) is 12.1 Å². The predicted molar refractivity (Wildman–Crippen MR) is 64.3 cm³/mol. The van der Waals surface area contributed by atoms with Gasteiger partial charge in [-0.05, 0) is 12.1 Å². The minimum Gasteiger partial charge on any atom is -0.365 e. The number of carbonyl (C=O) groups excluding carboxylic acids is 1. The molecular weight excluding hydrogens is 222 g/mol. The zero-order chi connectivity index (χ0) is 11.5. The maximum Gasteiger partial charge on any atom is 0.272 e. The summed E-state index contributed by atoms with van der Waals surface area (Å²) in [4.78, 5) is 16.3. The molecule has 16 heavy (non-hydrogen) atoms. The highest BCUT2D eigenvalue weighted by atomic mass is 32.1. The Labute approximate surface area is 97.7 Å². The zero-order valence-electron chi connectivity index (χ0n) is 9.06. The van der Waals surface area contributed by atoms with Gasteiger partial charge < -0.3 is 10.6 Å². The number of amides is 1. The monoisotopic (exact) mass is 236 g/mol. The molecule has 1 atom stereocenters. The summed E-state index contributed by atoms with van der Waals surface area (Å²) < 4.78 is 1.18. The SMILES string of the molecule is C[NH+](CC(N)=O)Cc1nc2ccccc2s1. The molecule has 2 aromatic rings. The van der Waals surface area contributed by atoms with Gasteiger partial charge in [0.1, 0.15) is 11.6 Å². The fraction of sp³-hybridized carbons (Fsp3) is 0.273. The lowest BCUT2D eigenvalue weighted by Gasteiger charge is -2.08. The Kier molecular flexibility index (Phi) is 3.17. The van der Waals surface area contributed by atoms with Crippen LogP contribution >= 0.6 is 11.3 Å². The molecule has 1 unspecified atom stereocenters. The van der Waals surface area contributed by atoms with E-state index in [0.29, 0.717) is 6.54 Å². The van der Waals surface area contributed by atoms with E-state index in [1.54, 1.807) is 11.3 Å². The summed E-state index contributed by atoms with van der Waals surface area (Å²) >= 11 is 1.67. The van der Waals surface area contributed by atoms with Crippen LogP contribution in [0.5, 0.6) is 0 Å². The first-order chi connectivity index (χ1) is 7.65. The zero-order valence-corrected chi connectivity index (χ0v) is 9.88. The number of hydrogen-bond acceptors (Lipinski definition) is 3. The summed E-state index contributed by atoms with van der Waals surface area (Å²) in [5.74, 6) is -0.279. The van der Waals surface area contributed by atoms with Crippen molar-refractivity contribution in [2.45, 2.75) is 6.54 Å². The number of nitrogens with one attached hydrogen (secondary N) is 1. The third-order valence-corrected chi connectivity index (χ3v) is 3.30. The van der Waals surface area contributed by atoms with Crippen LogP contribution in [0.15, 0.2) is 24.3 Å². The summed E-state index contributed by atoms with van der Waals surface area (Å²) in [6.45, 7) is 1.08. The molecule has 1 amide bonds. The van der Waals surface area contributed by atoms with Gasteiger partial charge in [0, 0.05) is 0 Å². The van der Waals surface area contributed by atoms with Gasteiger partial charge in [-0.15, -0.1) is 11.3 Å². The molecule has 0 saturated carbocycles. The maximum absolute atomic E-state index is 10.8. The Morgan fingerprint density at radius 2 is 2.25 bits per heavy atom. The van der Waals surface area contributed by atoms with E-state index in [0.717, 1.165) is 22.0 Å². The molecule has 0 bridgehead atoms. The van der Waals surface area contributed by atoms with Gasteiger partial charge in [0.15, 0.2) is 6.54 Å².